The lowest BCUT2D eigenvalue weighted by molar-refractivity contribution is -0.140. The van der Waals surface area contributed by atoms with Gasteiger partial charge >= 0.3 is 5.97 Å². The van der Waals surface area contributed by atoms with Gasteiger partial charge in [-0.25, -0.2) is 0 Å². The molecule has 120 valence electrons. The molecule has 1 aliphatic rings. The van der Waals surface area contributed by atoms with E-state index in [4.69, 9.17) is 9.84 Å². The molecule has 1 aromatic rings. The standard InChI is InChI=1S/C16H20BrNO4/c17-12-5-1-2-6-13(12)22-10-3-7-14(19)18-16(8-4-9-16)11-15(20)21/h1-2,5-6H,3-4,7-11H2,(H,18,19)(H,20,21). The fraction of sp³-hybridized carbons (Fsp3) is 0.500. The fourth-order valence-corrected chi connectivity index (χ4v) is 2.97. The van der Waals surface area contributed by atoms with E-state index in [2.05, 4.69) is 21.2 Å². The van der Waals surface area contributed by atoms with Gasteiger partial charge in [0, 0.05) is 6.42 Å². The van der Waals surface area contributed by atoms with Crippen LogP contribution in [-0.4, -0.2) is 29.1 Å². The van der Waals surface area contributed by atoms with Crippen molar-refractivity contribution in [2.24, 2.45) is 0 Å². The molecule has 0 bridgehead atoms. The van der Waals surface area contributed by atoms with E-state index in [1.807, 2.05) is 24.3 Å². The minimum Gasteiger partial charge on any atom is -0.492 e. The Labute approximate surface area is 138 Å². The molecule has 1 fully saturated rings. The Balaban J connectivity index is 1.70. The first-order valence-corrected chi connectivity index (χ1v) is 8.20. The Hall–Kier alpha value is -1.56. The molecule has 0 aliphatic heterocycles. The zero-order chi connectivity index (χ0) is 16.0. The van der Waals surface area contributed by atoms with Gasteiger partial charge in [-0.15, -0.1) is 0 Å². The minimum absolute atomic E-state index is 0.00615. The highest BCUT2D eigenvalue weighted by molar-refractivity contribution is 9.10. The third-order valence-corrected chi connectivity index (χ3v) is 4.50. The number of ether oxygens (including phenoxy) is 1. The van der Waals surface area contributed by atoms with E-state index in [-0.39, 0.29) is 12.3 Å². The second-order valence-electron chi connectivity index (χ2n) is 5.64. The zero-order valence-electron chi connectivity index (χ0n) is 12.3. The SMILES string of the molecule is O=C(O)CC1(NC(=O)CCCOc2ccccc2Br)CCC1. The summed E-state index contributed by atoms with van der Waals surface area (Å²) in [7, 11) is 0. The minimum atomic E-state index is -0.864. The van der Waals surface area contributed by atoms with Crippen LogP contribution in [0, 0.1) is 0 Å². The number of rotatable bonds is 8. The fourth-order valence-electron chi connectivity index (χ4n) is 2.57. The van der Waals surface area contributed by atoms with E-state index in [0.717, 1.165) is 29.5 Å². The summed E-state index contributed by atoms with van der Waals surface area (Å²) in [5.74, 6) is -0.210. The molecule has 0 heterocycles. The van der Waals surface area contributed by atoms with Gasteiger partial charge in [-0.1, -0.05) is 12.1 Å². The molecule has 0 radical (unpaired) electrons. The molecule has 0 unspecified atom stereocenters. The Morgan fingerprint density at radius 2 is 2.05 bits per heavy atom. The van der Waals surface area contributed by atoms with Crippen LogP contribution in [0.4, 0.5) is 0 Å². The van der Waals surface area contributed by atoms with E-state index >= 15 is 0 Å². The quantitative estimate of drug-likeness (QED) is 0.690. The van der Waals surface area contributed by atoms with Gasteiger partial charge in [-0.2, -0.15) is 0 Å². The maximum absolute atomic E-state index is 11.9. The molecule has 1 aliphatic carbocycles. The van der Waals surface area contributed by atoms with Crippen molar-refractivity contribution in [3.8, 4) is 5.75 Å². The molecule has 0 aromatic heterocycles. The summed E-state index contributed by atoms with van der Waals surface area (Å²) in [4.78, 5) is 22.8. The topological polar surface area (TPSA) is 75.6 Å². The van der Waals surface area contributed by atoms with Gasteiger partial charge in [0.15, 0.2) is 0 Å². The average molecular weight is 370 g/mol. The van der Waals surface area contributed by atoms with Crippen LogP contribution in [0.15, 0.2) is 28.7 Å². The van der Waals surface area contributed by atoms with Crippen LogP contribution in [0.25, 0.3) is 0 Å². The summed E-state index contributed by atoms with van der Waals surface area (Å²) in [5.41, 5.74) is -0.522. The van der Waals surface area contributed by atoms with Gasteiger partial charge in [-0.3, -0.25) is 9.59 Å². The van der Waals surface area contributed by atoms with Crippen molar-refractivity contribution in [1.82, 2.24) is 5.32 Å². The van der Waals surface area contributed by atoms with Gasteiger partial charge in [0.1, 0.15) is 5.75 Å². The highest BCUT2D eigenvalue weighted by Crippen LogP contribution is 2.35. The number of benzene rings is 1. The van der Waals surface area contributed by atoms with Crippen molar-refractivity contribution in [1.29, 1.82) is 0 Å². The van der Waals surface area contributed by atoms with Crippen molar-refractivity contribution >= 4 is 27.8 Å². The van der Waals surface area contributed by atoms with Gasteiger partial charge < -0.3 is 15.2 Å². The number of halogens is 1. The van der Waals surface area contributed by atoms with Crippen LogP contribution in [0.2, 0.25) is 0 Å². The maximum atomic E-state index is 11.9. The molecule has 6 heteroatoms. The molecule has 0 atom stereocenters. The smallest absolute Gasteiger partial charge is 0.305 e. The molecule has 2 rings (SSSR count). The lowest BCUT2D eigenvalue weighted by Crippen LogP contribution is -2.54. The maximum Gasteiger partial charge on any atom is 0.305 e. The van der Waals surface area contributed by atoms with Crippen LogP contribution in [0.1, 0.15) is 38.5 Å². The number of carbonyl (C=O) groups excluding carboxylic acids is 1. The second kappa shape index (κ2) is 7.63. The van der Waals surface area contributed by atoms with Crippen LogP contribution >= 0.6 is 15.9 Å². The van der Waals surface area contributed by atoms with Crippen molar-refractivity contribution < 1.29 is 19.4 Å². The number of amides is 1. The molecule has 2 N–H and O–H groups in total. The number of para-hydroxylation sites is 1. The normalized spacial score (nSPS) is 15.7. The highest BCUT2D eigenvalue weighted by atomic mass is 79.9. The second-order valence-corrected chi connectivity index (χ2v) is 6.49. The largest absolute Gasteiger partial charge is 0.492 e. The van der Waals surface area contributed by atoms with E-state index in [9.17, 15) is 9.59 Å². The molecule has 1 aromatic carbocycles. The number of carbonyl (C=O) groups is 2. The summed E-state index contributed by atoms with van der Waals surface area (Å²) < 4.78 is 6.48. The van der Waals surface area contributed by atoms with Crippen LogP contribution < -0.4 is 10.1 Å². The van der Waals surface area contributed by atoms with Crippen molar-refractivity contribution in [2.45, 2.75) is 44.1 Å². The van der Waals surface area contributed by atoms with Gasteiger partial charge in [-0.05, 0) is 53.7 Å². The van der Waals surface area contributed by atoms with Crippen LogP contribution in [-0.2, 0) is 9.59 Å². The van der Waals surface area contributed by atoms with E-state index in [1.165, 1.54) is 0 Å². The highest BCUT2D eigenvalue weighted by Gasteiger charge is 2.40. The van der Waals surface area contributed by atoms with E-state index in [1.54, 1.807) is 0 Å². The molecular formula is C16H20BrNO4. The predicted octanol–water partition coefficient (Wildman–Crippen LogP) is 3.12. The first-order valence-electron chi connectivity index (χ1n) is 7.41. The number of hydrogen-bond donors (Lipinski definition) is 2. The lowest BCUT2D eigenvalue weighted by Gasteiger charge is -2.41. The Kier molecular flexibility index (Phi) is 5.83. The number of hydrogen-bond acceptors (Lipinski definition) is 3. The van der Waals surface area contributed by atoms with Crippen LogP contribution in [0.5, 0.6) is 5.75 Å². The molecule has 5 nitrogen and oxygen atoms in total. The summed E-state index contributed by atoms with van der Waals surface area (Å²) in [5, 5.41) is 11.8. The number of aliphatic carboxylic acids is 1. The average Bonchev–Trinajstić information content (AvgIpc) is 2.42. The van der Waals surface area contributed by atoms with Gasteiger partial charge in [0.25, 0.3) is 0 Å². The Morgan fingerprint density at radius 3 is 2.64 bits per heavy atom. The number of nitrogens with one attached hydrogen (secondary N) is 1. The number of carboxylic acids is 1. The monoisotopic (exact) mass is 369 g/mol. The van der Waals surface area contributed by atoms with Crippen molar-refractivity contribution in [3.05, 3.63) is 28.7 Å². The zero-order valence-corrected chi connectivity index (χ0v) is 13.9. The third-order valence-electron chi connectivity index (χ3n) is 3.85. The lowest BCUT2D eigenvalue weighted by atomic mass is 9.74. The Bertz CT molecular complexity index is 543. The van der Waals surface area contributed by atoms with E-state index in [0.29, 0.717) is 19.4 Å². The van der Waals surface area contributed by atoms with Crippen molar-refractivity contribution in [2.75, 3.05) is 6.61 Å². The predicted molar refractivity (Wildman–Crippen MR) is 85.8 cm³/mol. The van der Waals surface area contributed by atoms with Crippen LogP contribution in [0.3, 0.4) is 0 Å². The summed E-state index contributed by atoms with van der Waals surface area (Å²) in [6, 6.07) is 7.55. The summed E-state index contributed by atoms with van der Waals surface area (Å²) in [6.07, 6.45) is 3.41. The molecular weight excluding hydrogens is 350 g/mol. The van der Waals surface area contributed by atoms with Crippen molar-refractivity contribution in [3.63, 3.8) is 0 Å². The Morgan fingerprint density at radius 1 is 1.32 bits per heavy atom. The third kappa shape index (κ3) is 4.73. The summed E-state index contributed by atoms with van der Waals surface area (Å²) >= 11 is 3.40. The summed E-state index contributed by atoms with van der Waals surface area (Å²) in [6.45, 7) is 0.446. The first-order chi connectivity index (χ1) is 10.5. The molecule has 1 saturated carbocycles. The van der Waals surface area contributed by atoms with Gasteiger partial charge in [0.2, 0.25) is 5.91 Å². The van der Waals surface area contributed by atoms with E-state index < -0.39 is 11.5 Å². The molecule has 22 heavy (non-hydrogen) atoms. The molecule has 1 amide bonds. The molecule has 0 saturated heterocycles. The number of carboxylic acid groups (broad SMARTS) is 1. The van der Waals surface area contributed by atoms with Gasteiger partial charge in [0.05, 0.1) is 23.0 Å². The first kappa shape index (κ1) is 16.8. The molecule has 0 spiro atoms.